The van der Waals surface area contributed by atoms with Crippen molar-refractivity contribution in [2.24, 2.45) is 0 Å². The van der Waals surface area contributed by atoms with Crippen LogP contribution in [-0.4, -0.2) is 17.4 Å². The lowest BCUT2D eigenvalue weighted by molar-refractivity contribution is -0.118. The zero-order chi connectivity index (χ0) is 14.4. The molecule has 0 spiro atoms. The Morgan fingerprint density at radius 3 is 2.90 bits per heavy atom. The average molecular weight is 293 g/mol. The molecule has 20 heavy (non-hydrogen) atoms. The molecule has 0 aliphatic rings. The fourth-order valence-corrected chi connectivity index (χ4v) is 2.57. The number of aryl methyl sites for hydroxylation is 1. The van der Waals surface area contributed by atoms with E-state index in [1.165, 1.54) is 6.07 Å². The number of hydrogen-bond donors (Lipinski definition) is 0. The minimum Gasteiger partial charge on any atom is -0.491 e. The number of para-hydroxylation sites is 1. The molecule has 0 amide bonds. The van der Waals surface area contributed by atoms with Gasteiger partial charge in [0.05, 0.1) is 13.0 Å². The van der Waals surface area contributed by atoms with Crippen LogP contribution in [-0.2, 0) is 11.2 Å². The van der Waals surface area contributed by atoms with Crippen molar-refractivity contribution in [3.05, 3.63) is 46.2 Å². The Labute approximate surface area is 121 Å². The first-order chi connectivity index (χ1) is 9.65. The molecule has 1 aromatic carbocycles. The van der Waals surface area contributed by atoms with E-state index in [1.807, 2.05) is 6.92 Å². The molecule has 0 saturated carbocycles. The van der Waals surface area contributed by atoms with Crippen LogP contribution in [0.3, 0.4) is 0 Å². The predicted octanol–water partition coefficient (Wildman–Crippen LogP) is 3.56. The monoisotopic (exact) mass is 293 g/mol. The third-order valence-electron chi connectivity index (χ3n) is 2.71. The molecule has 2 rings (SSSR count). The van der Waals surface area contributed by atoms with Crippen molar-refractivity contribution in [3.63, 3.8) is 0 Å². The van der Waals surface area contributed by atoms with Crippen molar-refractivity contribution in [2.45, 2.75) is 26.2 Å². The van der Waals surface area contributed by atoms with Gasteiger partial charge < -0.3 is 4.74 Å². The first-order valence-electron chi connectivity index (χ1n) is 6.45. The first kappa shape index (κ1) is 14.7. The Balaban J connectivity index is 1.68. The molecular formula is C15H16FNO2S. The predicted molar refractivity (Wildman–Crippen MR) is 76.7 cm³/mol. The van der Waals surface area contributed by atoms with Crippen LogP contribution in [0.4, 0.5) is 4.39 Å². The molecule has 0 atom stereocenters. The van der Waals surface area contributed by atoms with Gasteiger partial charge in [-0.2, -0.15) is 0 Å². The Kier molecular flexibility index (Phi) is 5.24. The quantitative estimate of drug-likeness (QED) is 0.733. The van der Waals surface area contributed by atoms with E-state index in [1.54, 1.807) is 35.7 Å². The maximum absolute atomic E-state index is 13.3. The van der Waals surface area contributed by atoms with E-state index in [9.17, 15) is 9.18 Å². The van der Waals surface area contributed by atoms with Gasteiger partial charge in [-0.15, -0.1) is 11.3 Å². The van der Waals surface area contributed by atoms with E-state index in [2.05, 4.69) is 4.98 Å². The molecule has 5 heteroatoms. The van der Waals surface area contributed by atoms with Crippen LogP contribution < -0.4 is 4.74 Å². The van der Waals surface area contributed by atoms with Gasteiger partial charge in [-0.25, -0.2) is 9.37 Å². The summed E-state index contributed by atoms with van der Waals surface area (Å²) in [6.07, 6.45) is 3.15. The maximum atomic E-state index is 13.3. The van der Waals surface area contributed by atoms with Gasteiger partial charge in [0.25, 0.3) is 0 Å². The number of Topliss-reactive ketones (excluding diaryl/α,β-unsaturated/α-hetero) is 1. The number of rotatable bonds is 7. The second kappa shape index (κ2) is 7.14. The Bertz CT molecular complexity index is 583. The number of thiazole rings is 1. The summed E-state index contributed by atoms with van der Waals surface area (Å²) in [5.41, 5.74) is 0. The second-order valence-electron chi connectivity index (χ2n) is 4.46. The summed E-state index contributed by atoms with van der Waals surface area (Å²) in [6.45, 7) is 2.30. The molecule has 0 N–H and O–H groups in total. The topological polar surface area (TPSA) is 39.2 Å². The highest BCUT2D eigenvalue weighted by molar-refractivity contribution is 7.11. The summed E-state index contributed by atoms with van der Waals surface area (Å²) >= 11 is 1.54. The molecule has 3 nitrogen and oxygen atoms in total. The van der Waals surface area contributed by atoms with Gasteiger partial charge in [0.2, 0.25) is 0 Å². The van der Waals surface area contributed by atoms with Crippen LogP contribution in [0.15, 0.2) is 30.5 Å². The summed E-state index contributed by atoms with van der Waals surface area (Å²) in [5, 5.41) is 0.850. The molecule has 0 aliphatic carbocycles. The zero-order valence-corrected chi connectivity index (χ0v) is 12.1. The van der Waals surface area contributed by atoms with Crippen molar-refractivity contribution in [2.75, 3.05) is 6.61 Å². The molecule has 1 heterocycles. The minimum absolute atomic E-state index is 0.136. The smallest absolute Gasteiger partial charge is 0.165 e. The maximum Gasteiger partial charge on any atom is 0.165 e. The number of ketones is 1. The Morgan fingerprint density at radius 1 is 1.40 bits per heavy atom. The summed E-state index contributed by atoms with van der Waals surface area (Å²) in [6, 6.07) is 6.26. The normalized spacial score (nSPS) is 10.5. The van der Waals surface area contributed by atoms with Crippen LogP contribution in [0.2, 0.25) is 0 Å². The minimum atomic E-state index is -0.378. The van der Waals surface area contributed by atoms with Crippen LogP contribution in [0.5, 0.6) is 5.75 Å². The van der Waals surface area contributed by atoms with Crippen molar-refractivity contribution < 1.29 is 13.9 Å². The molecule has 106 valence electrons. The van der Waals surface area contributed by atoms with Crippen LogP contribution in [0, 0.1) is 12.7 Å². The molecule has 0 fully saturated rings. The van der Waals surface area contributed by atoms with Crippen LogP contribution >= 0.6 is 11.3 Å². The van der Waals surface area contributed by atoms with Crippen molar-refractivity contribution in [1.29, 1.82) is 0 Å². The lowest BCUT2D eigenvalue weighted by atomic mass is 10.2. The summed E-state index contributed by atoms with van der Waals surface area (Å²) in [7, 11) is 0. The fraction of sp³-hybridized carbons (Fsp3) is 0.333. The number of nitrogens with zero attached hydrogens (tertiary/aromatic N) is 1. The highest BCUT2D eigenvalue weighted by Gasteiger charge is 2.07. The summed E-state index contributed by atoms with van der Waals surface area (Å²) < 4.78 is 18.6. The largest absolute Gasteiger partial charge is 0.491 e. The third-order valence-corrected chi connectivity index (χ3v) is 3.62. The van der Waals surface area contributed by atoms with Gasteiger partial charge in [0, 0.05) is 17.5 Å². The molecule has 0 saturated heterocycles. The van der Waals surface area contributed by atoms with Crippen molar-refractivity contribution in [1.82, 2.24) is 4.98 Å². The summed E-state index contributed by atoms with van der Waals surface area (Å²) in [4.78, 5) is 17.0. The van der Waals surface area contributed by atoms with Crippen molar-refractivity contribution >= 4 is 17.1 Å². The van der Waals surface area contributed by atoms with Gasteiger partial charge in [0.1, 0.15) is 10.8 Å². The van der Waals surface area contributed by atoms with Gasteiger partial charge in [-0.05, 0) is 25.5 Å². The number of carbonyl (C=O) groups is 1. The van der Waals surface area contributed by atoms with Crippen molar-refractivity contribution in [3.8, 4) is 5.75 Å². The van der Waals surface area contributed by atoms with E-state index in [0.717, 1.165) is 9.88 Å². The molecule has 0 bridgehead atoms. The number of aromatic nitrogens is 1. The van der Waals surface area contributed by atoms with Crippen LogP contribution in [0.1, 0.15) is 22.7 Å². The first-order valence-corrected chi connectivity index (χ1v) is 7.27. The average Bonchev–Trinajstić information content (AvgIpc) is 2.82. The van der Waals surface area contributed by atoms with Gasteiger partial charge in [0.15, 0.2) is 11.6 Å². The molecule has 2 aromatic rings. The standard InChI is InChI=1S/C15H16FNO2S/c1-11-10-17-15(20-11)9-12(18)5-4-8-19-14-7-3-2-6-13(14)16/h2-3,6-7,10H,4-5,8-9H2,1H3. The highest BCUT2D eigenvalue weighted by atomic mass is 32.1. The van der Waals surface area contributed by atoms with Gasteiger partial charge >= 0.3 is 0 Å². The molecule has 1 aromatic heterocycles. The Morgan fingerprint density at radius 2 is 2.20 bits per heavy atom. The lowest BCUT2D eigenvalue weighted by Crippen LogP contribution is -2.06. The number of ether oxygens (including phenoxy) is 1. The van der Waals surface area contributed by atoms with Crippen LogP contribution in [0.25, 0.3) is 0 Å². The number of carbonyl (C=O) groups excluding carboxylic acids is 1. The van der Waals surface area contributed by atoms with E-state index >= 15 is 0 Å². The molecule has 0 unspecified atom stereocenters. The van der Waals surface area contributed by atoms with E-state index < -0.39 is 0 Å². The molecule has 0 aliphatic heterocycles. The number of benzene rings is 1. The number of hydrogen-bond acceptors (Lipinski definition) is 4. The van der Waals surface area contributed by atoms with E-state index in [0.29, 0.717) is 25.9 Å². The lowest BCUT2D eigenvalue weighted by Gasteiger charge is -2.06. The SMILES string of the molecule is Cc1cnc(CC(=O)CCCOc2ccccc2F)s1. The fourth-order valence-electron chi connectivity index (χ4n) is 1.75. The third kappa shape index (κ3) is 4.42. The molecule has 0 radical (unpaired) electrons. The van der Waals surface area contributed by atoms with Gasteiger partial charge in [-0.1, -0.05) is 12.1 Å². The second-order valence-corrected chi connectivity index (χ2v) is 5.78. The highest BCUT2D eigenvalue weighted by Crippen LogP contribution is 2.16. The molecular weight excluding hydrogens is 277 g/mol. The van der Waals surface area contributed by atoms with E-state index in [4.69, 9.17) is 4.74 Å². The summed E-state index contributed by atoms with van der Waals surface area (Å²) in [5.74, 6) is -0.0101. The zero-order valence-electron chi connectivity index (χ0n) is 11.3. The number of halogens is 1. The van der Waals surface area contributed by atoms with Gasteiger partial charge in [-0.3, -0.25) is 4.79 Å². The van der Waals surface area contributed by atoms with E-state index in [-0.39, 0.29) is 17.3 Å². The Hall–Kier alpha value is -1.75.